The number of hydrogen-bond acceptors (Lipinski definition) is 8. The van der Waals surface area contributed by atoms with Gasteiger partial charge in [-0.05, 0) is 46.7 Å². The first kappa shape index (κ1) is 42.0. The summed E-state index contributed by atoms with van der Waals surface area (Å²) in [6.07, 6.45) is -5.83. The Morgan fingerprint density at radius 3 is 2.16 bits per heavy atom. The van der Waals surface area contributed by atoms with Crippen LogP contribution in [-0.4, -0.2) is 57.4 Å². The lowest BCUT2D eigenvalue weighted by Gasteiger charge is -2.41. The van der Waals surface area contributed by atoms with Gasteiger partial charge < -0.3 is 29.2 Å². The highest BCUT2D eigenvalue weighted by Gasteiger charge is 2.47. The first-order valence-corrected chi connectivity index (χ1v) is 21.1. The quantitative estimate of drug-likeness (QED) is 0.117. The highest BCUT2D eigenvalue weighted by molar-refractivity contribution is 7.99. The van der Waals surface area contributed by atoms with Gasteiger partial charge in [0.2, 0.25) is 5.91 Å². The number of ether oxygens (including phenoxy) is 2. The van der Waals surface area contributed by atoms with Gasteiger partial charge in [-0.25, -0.2) is 4.98 Å². The SMILES string of the molecule is C[C@H]1[C@@H](CSc2nc(-c3ccccc3)c(-c3ccccc3)o2)O[C@@H](c2ccc(-c3cccc(CNC(=O)[C@@H]4CCCN4C(=O)C(F)(F)F)c3)cc2)O[C@H]1c1ccc(CO)cc1. The molecule has 8 rings (SSSR count). The second-order valence-electron chi connectivity index (χ2n) is 15.2. The fourth-order valence-corrected chi connectivity index (χ4v) is 8.84. The predicted octanol–water partition coefficient (Wildman–Crippen LogP) is 9.92. The van der Waals surface area contributed by atoms with Crippen LogP contribution in [0.4, 0.5) is 13.2 Å². The number of halogens is 3. The van der Waals surface area contributed by atoms with E-state index in [9.17, 15) is 27.9 Å². The molecule has 0 radical (unpaired) electrons. The fraction of sp³-hybridized carbons (Fsp3) is 0.271. The average molecular weight is 848 g/mol. The molecule has 3 heterocycles. The van der Waals surface area contributed by atoms with Gasteiger partial charge in [0.05, 0.1) is 18.8 Å². The van der Waals surface area contributed by atoms with Crippen molar-refractivity contribution in [2.45, 2.75) is 68.9 Å². The molecule has 2 aliphatic heterocycles. The van der Waals surface area contributed by atoms with E-state index < -0.39 is 30.3 Å². The number of aliphatic hydroxyl groups excluding tert-OH is 1. The van der Waals surface area contributed by atoms with Crippen LogP contribution in [0.3, 0.4) is 0 Å². The van der Waals surface area contributed by atoms with Gasteiger partial charge in [-0.1, -0.05) is 146 Å². The molecule has 2 aliphatic rings. The largest absolute Gasteiger partial charge is 0.471 e. The van der Waals surface area contributed by atoms with Crippen LogP contribution in [0.1, 0.15) is 54.4 Å². The van der Waals surface area contributed by atoms with Crippen LogP contribution in [0.25, 0.3) is 33.7 Å². The molecule has 5 aromatic carbocycles. The fourth-order valence-electron chi connectivity index (χ4n) is 7.85. The third-order valence-electron chi connectivity index (χ3n) is 11.2. The minimum Gasteiger partial charge on any atom is -0.431 e. The molecule has 0 spiro atoms. The standard InChI is InChI=1S/C48H44F3N3O6S/c1-30-40(29-61-47-53-41(34-11-4-2-5-12-34)43(60-47)35-13-6-3-7-14-35)58-45(59-42(30)36-19-17-31(28-55)18-20-36)37-23-21-33(22-24-37)38-15-8-10-32(26-38)27-52-44(56)39-16-9-25-54(39)46(57)48(49,50)51/h2-8,10-15,17-24,26,30,39-40,42,45,55H,9,16,25,27-29H2,1H3,(H,52,56)/t30-,39-,40+,42+,45+/m0/s1. The molecule has 5 atom stereocenters. The van der Waals surface area contributed by atoms with Gasteiger partial charge in [-0.15, -0.1) is 0 Å². The number of carbonyl (C=O) groups is 2. The molecule has 0 saturated carbocycles. The smallest absolute Gasteiger partial charge is 0.431 e. The molecule has 0 bridgehead atoms. The number of aliphatic hydroxyl groups is 1. The summed E-state index contributed by atoms with van der Waals surface area (Å²) in [7, 11) is 0. The van der Waals surface area contributed by atoms with Crippen LogP contribution in [-0.2, 0) is 32.2 Å². The van der Waals surface area contributed by atoms with Gasteiger partial charge in [-0.3, -0.25) is 9.59 Å². The highest BCUT2D eigenvalue weighted by Crippen LogP contribution is 2.44. The summed E-state index contributed by atoms with van der Waals surface area (Å²) >= 11 is 1.49. The summed E-state index contributed by atoms with van der Waals surface area (Å²) in [5.41, 5.74) is 7.77. The van der Waals surface area contributed by atoms with Crippen LogP contribution < -0.4 is 5.32 Å². The number of nitrogens with zero attached hydrogens (tertiary/aromatic N) is 2. The number of oxazole rings is 1. The Kier molecular flexibility index (Phi) is 12.7. The van der Waals surface area contributed by atoms with Crippen LogP contribution in [0.15, 0.2) is 143 Å². The third-order valence-corrected chi connectivity index (χ3v) is 12.1. The zero-order chi connectivity index (χ0) is 42.5. The molecule has 2 amide bonds. The van der Waals surface area contributed by atoms with Crippen molar-refractivity contribution in [3.05, 3.63) is 156 Å². The van der Waals surface area contributed by atoms with Crippen LogP contribution in [0, 0.1) is 5.92 Å². The van der Waals surface area contributed by atoms with E-state index in [0.717, 1.165) is 50.2 Å². The summed E-state index contributed by atoms with van der Waals surface area (Å²) in [5, 5.41) is 12.9. The number of carbonyl (C=O) groups excluding carboxylic acids is 2. The number of hydrogen-bond donors (Lipinski definition) is 2. The van der Waals surface area contributed by atoms with Gasteiger partial charge >= 0.3 is 12.1 Å². The number of aromatic nitrogens is 1. The van der Waals surface area contributed by atoms with E-state index in [1.807, 2.05) is 133 Å². The lowest BCUT2D eigenvalue weighted by atomic mass is 9.91. The maximum absolute atomic E-state index is 13.1. The van der Waals surface area contributed by atoms with E-state index in [-0.39, 0.29) is 44.2 Å². The molecular formula is C48H44F3N3O6S. The Balaban J connectivity index is 0.986. The zero-order valence-electron chi connectivity index (χ0n) is 33.3. The molecule has 0 unspecified atom stereocenters. The molecular weight excluding hydrogens is 804 g/mol. The van der Waals surface area contributed by atoms with Crippen molar-refractivity contribution in [2.24, 2.45) is 5.92 Å². The van der Waals surface area contributed by atoms with Crippen molar-refractivity contribution < 1.29 is 41.8 Å². The minimum absolute atomic E-state index is 0.0604. The molecule has 6 aromatic rings. The second kappa shape index (κ2) is 18.5. The van der Waals surface area contributed by atoms with Gasteiger partial charge in [-0.2, -0.15) is 13.2 Å². The Morgan fingerprint density at radius 2 is 1.48 bits per heavy atom. The van der Waals surface area contributed by atoms with E-state index in [4.69, 9.17) is 18.9 Å². The van der Waals surface area contributed by atoms with Gasteiger partial charge in [0.25, 0.3) is 5.22 Å². The molecule has 2 saturated heterocycles. The first-order valence-electron chi connectivity index (χ1n) is 20.2. The number of thioether (sulfide) groups is 1. The first-order chi connectivity index (χ1) is 29.6. The van der Waals surface area contributed by atoms with E-state index >= 15 is 0 Å². The normalized spacial score (nSPS) is 20.4. The molecule has 314 valence electrons. The number of rotatable bonds is 12. The Hall–Kier alpha value is -5.73. The van der Waals surface area contributed by atoms with E-state index in [0.29, 0.717) is 28.1 Å². The Labute approximate surface area is 355 Å². The lowest BCUT2D eigenvalue weighted by molar-refractivity contribution is -0.268. The topological polar surface area (TPSA) is 114 Å². The third kappa shape index (κ3) is 9.60. The Morgan fingerprint density at radius 1 is 0.803 bits per heavy atom. The van der Waals surface area contributed by atoms with Crippen molar-refractivity contribution >= 4 is 23.6 Å². The molecule has 13 heteroatoms. The maximum Gasteiger partial charge on any atom is 0.471 e. The average Bonchev–Trinajstić information content (AvgIpc) is 3.97. The number of benzene rings is 5. The van der Waals surface area contributed by atoms with E-state index in [1.165, 1.54) is 11.8 Å². The molecule has 2 N–H and O–H groups in total. The molecule has 2 fully saturated rings. The van der Waals surface area contributed by atoms with Crippen LogP contribution in [0.2, 0.25) is 0 Å². The van der Waals surface area contributed by atoms with Crippen molar-refractivity contribution in [1.29, 1.82) is 0 Å². The van der Waals surface area contributed by atoms with Crippen LogP contribution in [0.5, 0.6) is 0 Å². The van der Waals surface area contributed by atoms with E-state index in [1.54, 1.807) is 0 Å². The monoisotopic (exact) mass is 847 g/mol. The van der Waals surface area contributed by atoms with Crippen molar-refractivity contribution in [2.75, 3.05) is 12.3 Å². The molecule has 61 heavy (non-hydrogen) atoms. The Bertz CT molecular complexity index is 2370. The van der Waals surface area contributed by atoms with Crippen molar-refractivity contribution in [3.63, 3.8) is 0 Å². The summed E-state index contributed by atoms with van der Waals surface area (Å²) in [6.45, 7) is 2.03. The molecule has 1 aromatic heterocycles. The van der Waals surface area contributed by atoms with Gasteiger partial charge in [0, 0.05) is 41.5 Å². The van der Waals surface area contributed by atoms with Gasteiger partial charge in [0.1, 0.15) is 11.7 Å². The molecule has 0 aliphatic carbocycles. The second-order valence-corrected chi connectivity index (χ2v) is 16.2. The summed E-state index contributed by atoms with van der Waals surface area (Å²) in [6, 6.07) is 41.9. The van der Waals surface area contributed by atoms with Crippen LogP contribution >= 0.6 is 11.8 Å². The highest BCUT2D eigenvalue weighted by atomic mass is 32.2. The summed E-state index contributed by atoms with van der Waals surface area (Å²) < 4.78 is 59.2. The van der Waals surface area contributed by atoms with Crippen molar-refractivity contribution in [1.82, 2.24) is 15.2 Å². The summed E-state index contributed by atoms with van der Waals surface area (Å²) in [4.78, 5) is 30.4. The predicted molar refractivity (Wildman–Crippen MR) is 226 cm³/mol. The van der Waals surface area contributed by atoms with Crippen molar-refractivity contribution in [3.8, 4) is 33.7 Å². The number of likely N-dealkylation sites (tertiary alicyclic amines) is 1. The van der Waals surface area contributed by atoms with Gasteiger partial charge in [0.15, 0.2) is 12.1 Å². The zero-order valence-corrected chi connectivity index (χ0v) is 34.1. The number of amides is 2. The maximum atomic E-state index is 13.1. The lowest BCUT2D eigenvalue weighted by Crippen LogP contribution is -2.50. The summed E-state index contributed by atoms with van der Waals surface area (Å²) in [5.74, 6) is -1.43. The molecule has 9 nitrogen and oxygen atoms in total. The number of alkyl halides is 3. The number of nitrogens with one attached hydrogen (secondary N) is 1. The minimum atomic E-state index is -5.03. The van der Waals surface area contributed by atoms with E-state index in [2.05, 4.69) is 12.2 Å².